The van der Waals surface area contributed by atoms with Crippen molar-refractivity contribution in [3.63, 3.8) is 0 Å². The Morgan fingerprint density at radius 1 is 1.23 bits per heavy atom. The number of aliphatic hydroxyl groups excluding tert-OH is 1. The molecule has 0 aliphatic carbocycles. The molecule has 7 atom stereocenters. The second kappa shape index (κ2) is 12.9. The van der Waals surface area contributed by atoms with Gasteiger partial charge in [0.1, 0.15) is 17.6 Å². The van der Waals surface area contributed by atoms with E-state index >= 15 is 0 Å². The summed E-state index contributed by atoms with van der Waals surface area (Å²) in [5.41, 5.74) is 0.473. The molecule has 1 N–H and O–H groups in total. The zero-order valence-corrected chi connectivity index (χ0v) is 26.8. The van der Waals surface area contributed by atoms with Crippen molar-refractivity contribution in [2.24, 2.45) is 23.7 Å². The molecule has 4 rings (SSSR count). The van der Waals surface area contributed by atoms with E-state index in [2.05, 4.69) is 13.2 Å². The highest BCUT2D eigenvalue weighted by Crippen LogP contribution is 2.66. The number of esters is 1. The Balaban J connectivity index is 1.82. The lowest BCUT2D eigenvalue weighted by Crippen LogP contribution is -2.59. The van der Waals surface area contributed by atoms with Gasteiger partial charge >= 0.3 is 5.97 Å². The average molecular weight is 595 g/mol. The maximum Gasteiger partial charge on any atom is 0.312 e. The number of amides is 2. The Kier molecular flexibility index (Phi) is 9.92. The fraction of sp³-hybridized carbons (Fsp3) is 0.629. The van der Waals surface area contributed by atoms with Gasteiger partial charge in [0, 0.05) is 12.2 Å². The molecule has 3 aliphatic rings. The summed E-state index contributed by atoms with van der Waals surface area (Å²) in [5.74, 6) is -2.74. The van der Waals surface area contributed by atoms with Gasteiger partial charge in [-0.1, -0.05) is 45.1 Å². The third kappa shape index (κ3) is 5.68. The number of aryl methyl sites for hydroxylation is 2. The number of carbonyl (C=O) groups is 3. The van der Waals surface area contributed by atoms with E-state index in [0.29, 0.717) is 19.3 Å². The fourth-order valence-corrected chi connectivity index (χ4v) is 7.78. The van der Waals surface area contributed by atoms with E-state index in [9.17, 15) is 19.5 Å². The van der Waals surface area contributed by atoms with Gasteiger partial charge in [-0.25, -0.2) is 0 Å². The number of unbranched alkanes of at least 4 members (excludes halogenated alkanes) is 2. The first-order valence-electron chi connectivity index (χ1n) is 15.8. The summed E-state index contributed by atoms with van der Waals surface area (Å²) in [5, 5.41) is 10.6. The molecule has 3 aliphatic heterocycles. The van der Waals surface area contributed by atoms with E-state index < -0.39 is 41.1 Å². The molecular weight excluding hydrogens is 544 g/mol. The lowest BCUT2D eigenvalue weighted by Gasteiger charge is -2.40. The molecule has 1 aromatic carbocycles. The van der Waals surface area contributed by atoms with Gasteiger partial charge in [-0.3, -0.25) is 14.4 Å². The van der Waals surface area contributed by atoms with E-state index in [1.165, 1.54) is 0 Å². The fourth-order valence-electron chi connectivity index (χ4n) is 7.78. The van der Waals surface area contributed by atoms with Crippen LogP contribution < -0.4 is 4.90 Å². The normalized spacial score (nSPS) is 30.0. The van der Waals surface area contributed by atoms with E-state index in [0.717, 1.165) is 29.7 Å². The molecule has 0 saturated carbocycles. The summed E-state index contributed by atoms with van der Waals surface area (Å²) in [6.07, 6.45) is 6.85. The molecule has 43 heavy (non-hydrogen) atoms. The molecule has 236 valence electrons. The second-order valence-electron chi connectivity index (χ2n) is 13.4. The van der Waals surface area contributed by atoms with Crippen molar-refractivity contribution < 1.29 is 29.0 Å². The largest absolute Gasteiger partial charge is 0.465 e. The zero-order chi connectivity index (χ0) is 31.7. The highest BCUT2D eigenvalue weighted by atomic mass is 16.6. The van der Waals surface area contributed by atoms with Gasteiger partial charge in [-0.05, 0) is 81.9 Å². The number of anilines is 1. The molecule has 8 nitrogen and oxygen atoms in total. The van der Waals surface area contributed by atoms with Crippen molar-refractivity contribution in [2.45, 2.75) is 96.9 Å². The van der Waals surface area contributed by atoms with Crippen LogP contribution in [0.15, 0.2) is 43.5 Å². The molecule has 1 spiro atoms. The second-order valence-corrected chi connectivity index (χ2v) is 13.4. The van der Waals surface area contributed by atoms with E-state index in [1.807, 2.05) is 65.8 Å². The predicted octanol–water partition coefficient (Wildman–Crippen LogP) is 5.14. The molecule has 0 radical (unpaired) electrons. The first kappa shape index (κ1) is 32.9. The van der Waals surface area contributed by atoms with Crippen LogP contribution in [-0.4, -0.2) is 70.8 Å². The summed E-state index contributed by atoms with van der Waals surface area (Å²) in [7, 11) is 0. The maximum atomic E-state index is 14.9. The molecule has 1 aromatic rings. The van der Waals surface area contributed by atoms with E-state index in [1.54, 1.807) is 15.9 Å². The van der Waals surface area contributed by atoms with E-state index in [-0.39, 0.29) is 43.4 Å². The van der Waals surface area contributed by atoms with Crippen LogP contribution in [0.5, 0.6) is 0 Å². The maximum absolute atomic E-state index is 14.9. The third-order valence-corrected chi connectivity index (χ3v) is 9.87. The SMILES string of the molecule is C=CCCCCOC(=O)[C@H]1[C@H]2C(=O)N([C@@H](CO)CC(C)C)C(C(=O)N(CC=C)c3cc(C)ccc3C)C23CC(C)[C@]1(C)O3. The van der Waals surface area contributed by atoms with Crippen LogP contribution in [0.25, 0.3) is 0 Å². The van der Waals surface area contributed by atoms with Crippen molar-refractivity contribution in [3.8, 4) is 0 Å². The predicted molar refractivity (Wildman–Crippen MR) is 167 cm³/mol. The molecule has 8 heteroatoms. The number of allylic oxidation sites excluding steroid dienone is 1. The smallest absolute Gasteiger partial charge is 0.312 e. The van der Waals surface area contributed by atoms with Crippen molar-refractivity contribution in [1.29, 1.82) is 0 Å². The van der Waals surface area contributed by atoms with Crippen molar-refractivity contribution in [3.05, 3.63) is 54.6 Å². The quantitative estimate of drug-likeness (QED) is 0.182. The molecule has 3 fully saturated rings. The average Bonchev–Trinajstić information content (AvgIpc) is 3.47. The Hall–Kier alpha value is -2.97. The molecule has 2 amide bonds. The van der Waals surface area contributed by atoms with Crippen LogP contribution in [0.4, 0.5) is 5.69 Å². The highest BCUT2D eigenvalue weighted by molar-refractivity contribution is 6.05. The number of aliphatic hydroxyl groups is 1. The Bertz CT molecular complexity index is 1240. The highest BCUT2D eigenvalue weighted by Gasteiger charge is 2.80. The molecule has 2 bridgehead atoms. The number of hydrogen-bond donors (Lipinski definition) is 1. The minimum atomic E-state index is -1.23. The standard InChI is InChI=1S/C35H50N2O6/c1-9-11-12-13-17-42-33(41)29-28-31(39)37(26(21-38)18-22(3)4)30(35(28)20-25(7)34(29,8)43-35)32(40)36(16-10-2)27-19-23(5)14-15-24(27)6/h9-10,14-15,19,22,25-26,28-30,38H,1-2,11-13,16-18,20-21H2,3-8H3/t25?,26-,28+,29-,30?,34+,35?/m1/s1. The summed E-state index contributed by atoms with van der Waals surface area (Å²) in [6, 6.07) is 4.32. The number of likely N-dealkylation sites (tertiary alicyclic amines) is 1. The molecular formula is C35H50N2O6. The Morgan fingerprint density at radius 3 is 2.58 bits per heavy atom. The number of hydrogen-bond acceptors (Lipinski definition) is 6. The van der Waals surface area contributed by atoms with Gasteiger partial charge in [0.15, 0.2) is 0 Å². The van der Waals surface area contributed by atoms with Gasteiger partial charge in [0.2, 0.25) is 5.91 Å². The zero-order valence-electron chi connectivity index (χ0n) is 26.8. The van der Waals surface area contributed by atoms with Crippen LogP contribution in [0, 0.1) is 37.5 Å². The summed E-state index contributed by atoms with van der Waals surface area (Å²) >= 11 is 0. The van der Waals surface area contributed by atoms with Crippen LogP contribution in [0.2, 0.25) is 0 Å². The molecule has 3 heterocycles. The monoisotopic (exact) mass is 594 g/mol. The van der Waals surface area contributed by atoms with Crippen LogP contribution in [-0.2, 0) is 23.9 Å². The number of benzene rings is 1. The molecule has 0 aromatic heterocycles. The number of rotatable bonds is 14. The Labute approximate surface area is 257 Å². The lowest BCUT2D eigenvalue weighted by atomic mass is 9.62. The number of fused-ring (bicyclic) bond motifs is 1. The number of ether oxygens (including phenoxy) is 2. The lowest BCUT2D eigenvalue weighted by molar-refractivity contribution is -0.162. The van der Waals surface area contributed by atoms with Crippen LogP contribution in [0.3, 0.4) is 0 Å². The van der Waals surface area contributed by atoms with Crippen molar-refractivity contribution >= 4 is 23.5 Å². The minimum absolute atomic E-state index is 0.101. The summed E-state index contributed by atoms with van der Waals surface area (Å²) in [6.45, 7) is 19.7. The van der Waals surface area contributed by atoms with Gasteiger partial charge in [-0.15, -0.1) is 13.2 Å². The minimum Gasteiger partial charge on any atom is -0.465 e. The van der Waals surface area contributed by atoms with Gasteiger partial charge in [0.05, 0.1) is 30.8 Å². The first-order chi connectivity index (χ1) is 20.4. The Morgan fingerprint density at radius 2 is 1.95 bits per heavy atom. The van der Waals surface area contributed by atoms with E-state index in [4.69, 9.17) is 9.47 Å². The summed E-state index contributed by atoms with van der Waals surface area (Å²) < 4.78 is 12.7. The van der Waals surface area contributed by atoms with Gasteiger partial charge in [0.25, 0.3) is 5.91 Å². The third-order valence-electron chi connectivity index (χ3n) is 9.87. The first-order valence-corrected chi connectivity index (χ1v) is 15.8. The van der Waals surface area contributed by atoms with Crippen LogP contribution in [0.1, 0.15) is 70.9 Å². The number of carbonyl (C=O) groups excluding carboxylic acids is 3. The topological polar surface area (TPSA) is 96.4 Å². The van der Waals surface area contributed by atoms with Gasteiger partial charge in [-0.2, -0.15) is 0 Å². The van der Waals surface area contributed by atoms with Gasteiger partial charge < -0.3 is 24.4 Å². The van der Waals surface area contributed by atoms with Crippen LogP contribution >= 0.6 is 0 Å². The number of nitrogens with zero attached hydrogens (tertiary/aromatic N) is 2. The van der Waals surface area contributed by atoms with Crippen molar-refractivity contribution in [1.82, 2.24) is 4.90 Å². The summed E-state index contributed by atoms with van der Waals surface area (Å²) in [4.78, 5) is 46.6. The van der Waals surface area contributed by atoms with Crippen molar-refractivity contribution in [2.75, 3.05) is 24.7 Å². The molecule has 3 unspecified atom stereocenters. The molecule has 3 saturated heterocycles.